The molecule has 3 aromatic rings. The highest BCUT2D eigenvalue weighted by atomic mass is 14.7. The zero-order chi connectivity index (χ0) is 17.2. The summed E-state index contributed by atoms with van der Waals surface area (Å²) >= 11 is 0. The second-order valence-electron chi connectivity index (χ2n) is 7.45. The fraction of sp³-hybridized carbons (Fsp3) is 0.261. The van der Waals surface area contributed by atoms with Crippen molar-refractivity contribution in [2.45, 2.75) is 39.5 Å². The van der Waals surface area contributed by atoms with Crippen LogP contribution in [0.25, 0.3) is 11.3 Å². The standard InChI is InChI=1S/C23H25N/c1-17-13-14-20(23(2,3)4)15-19(17)16-21-11-8-12-22(24-21)18-9-6-5-7-10-18/h5-15H,16H2,1-4H3. The second-order valence-corrected chi connectivity index (χ2v) is 7.45. The fourth-order valence-electron chi connectivity index (χ4n) is 2.87. The summed E-state index contributed by atoms with van der Waals surface area (Å²) in [6.45, 7) is 8.96. The molecule has 122 valence electrons. The van der Waals surface area contributed by atoms with Gasteiger partial charge in [-0.25, -0.2) is 0 Å². The molecule has 24 heavy (non-hydrogen) atoms. The van der Waals surface area contributed by atoms with E-state index in [1.807, 2.05) is 6.07 Å². The van der Waals surface area contributed by atoms with Gasteiger partial charge in [0.05, 0.1) is 5.69 Å². The van der Waals surface area contributed by atoms with Gasteiger partial charge >= 0.3 is 0 Å². The number of rotatable bonds is 3. The van der Waals surface area contributed by atoms with E-state index in [-0.39, 0.29) is 5.41 Å². The van der Waals surface area contributed by atoms with E-state index in [4.69, 9.17) is 4.98 Å². The monoisotopic (exact) mass is 315 g/mol. The quantitative estimate of drug-likeness (QED) is 0.582. The molecule has 2 aromatic carbocycles. The van der Waals surface area contributed by atoms with Crippen LogP contribution < -0.4 is 0 Å². The highest BCUT2D eigenvalue weighted by Crippen LogP contribution is 2.26. The third-order valence-electron chi connectivity index (χ3n) is 4.46. The number of pyridine rings is 1. The number of aromatic nitrogens is 1. The number of benzene rings is 2. The van der Waals surface area contributed by atoms with Crippen LogP contribution in [0.15, 0.2) is 66.7 Å². The van der Waals surface area contributed by atoms with Crippen LogP contribution in [0.3, 0.4) is 0 Å². The van der Waals surface area contributed by atoms with Crippen LogP contribution in [-0.2, 0) is 11.8 Å². The first-order chi connectivity index (χ1) is 11.4. The molecule has 0 unspecified atom stereocenters. The van der Waals surface area contributed by atoms with E-state index in [1.165, 1.54) is 22.3 Å². The maximum absolute atomic E-state index is 4.87. The van der Waals surface area contributed by atoms with Crippen LogP contribution in [0.5, 0.6) is 0 Å². The number of hydrogen-bond donors (Lipinski definition) is 0. The van der Waals surface area contributed by atoms with E-state index in [2.05, 4.69) is 88.4 Å². The molecule has 0 saturated heterocycles. The molecule has 0 amide bonds. The maximum atomic E-state index is 4.87. The van der Waals surface area contributed by atoms with Crippen molar-refractivity contribution < 1.29 is 0 Å². The molecule has 0 aliphatic rings. The molecule has 3 rings (SSSR count). The summed E-state index contributed by atoms with van der Waals surface area (Å²) in [5.41, 5.74) is 7.56. The molecule has 0 saturated carbocycles. The number of aryl methyl sites for hydroxylation is 1. The van der Waals surface area contributed by atoms with Gasteiger partial charge in [-0.05, 0) is 41.2 Å². The van der Waals surface area contributed by atoms with Gasteiger partial charge in [0.25, 0.3) is 0 Å². The van der Waals surface area contributed by atoms with Crippen molar-refractivity contribution in [2.75, 3.05) is 0 Å². The van der Waals surface area contributed by atoms with Crippen LogP contribution in [0.4, 0.5) is 0 Å². The third-order valence-corrected chi connectivity index (χ3v) is 4.46. The lowest BCUT2D eigenvalue weighted by Gasteiger charge is -2.21. The minimum absolute atomic E-state index is 0.168. The molecule has 1 nitrogen and oxygen atoms in total. The van der Waals surface area contributed by atoms with E-state index in [0.717, 1.165) is 17.8 Å². The van der Waals surface area contributed by atoms with Crippen molar-refractivity contribution in [3.05, 3.63) is 89.1 Å². The minimum atomic E-state index is 0.168. The SMILES string of the molecule is Cc1ccc(C(C)(C)C)cc1Cc1cccc(-c2ccccc2)n1. The van der Waals surface area contributed by atoms with Gasteiger partial charge < -0.3 is 0 Å². The van der Waals surface area contributed by atoms with E-state index >= 15 is 0 Å². The Morgan fingerprint density at radius 2 is 1.58 bits per heavy atom. The van der Waals surface area contributed by atoms with Crippen molar-refractivity contribution in [1.29, 1.82) is 0 Å². The minimum Gasteiger partial charge on any atom is -0.252 e. The van der Waals surface area contributed by atoms with Gasteiger partial charge in [0, 0.05) is 17.7 Å². The maximum Gasteiger partial charge on any atom is 0.0705 e. The molecule has 0 fully saturated rings. The Hall–Kier alpha value is -2.41. The Kier molecular flexibility index (Phi) is 4.53. The molecule has 0 bridgehead atoms. The first-order valence-electron chi connectivity index (χ1n) is 8.55. The van der Waals surface area contributed by atoms with Crippen LogP contribution in [0.2, 0.25) is 0 Å². The molecule has 1 aromatic heterocycles. The first kappa shape index (κ1) is 16.4. The van der Waals surface area contributed by atoms with Crippen molar-refractivity contribution >= 4 is 0 Å². The lowest BCUT2D eigenvalue weighted by atomic mass is 9.84. The summed E-state index contributed by atoms with van der Waals surface area (Å²) in [5.74, 6) is 0. The topological polar surface area (TPSA) is 12.9 Å². The highest BCUT2D eigenvalue weighted by Gasteiger charge is 2.15. The van der Waals surface area contributed by atoms with Crippen molar-refractivity contribution in [1.82, 2.24) is 4.98 Å². The predicted molar refractivity (Wildman–Crippen MR) is 102 cm³/mol. The lowest BCUT2D eigenvalue weighted by molar-refractivity contribution is 0.589. The highest BCUT2D eigenvalue weighted by molar-refractivity contribution is 5.58. The summed E-state index contributed by atoms with van der Waals surface area (Å²) in [6.07, 6.45) is 0.871. The van der Waals surface area contributed by atoms with Gasteiger partial charge in [-0.1, -0.05) is 75.4 Å². The molecular weight excluding hydrogens is 290 g/mol. The summed E-state index contributed by atoms with van der Waals surface area (Å²) < 4.78 is 0. The van der Waals surface area contributed by atoms with E-state index in [0.29, 0.717) is 0 Å². The largest absolute Gasteiger partial charge is 0.252 e. The predicted octanol–water partition coefficient (Wildman–Crippen LogP) is 5.95. The Morgan fingerprint density at radius 1 is 0.833 bits per heavy atom. The summed E-state index contributed by atoms with van der Waals surface area (Å²) in [4.78, 5) is 4.87. The van der Waals surface area contributed by atoms with Crippen molar-refractivity contribution in [2.24, 2.45) is 0 Å². The normalized spacial score (nSPS) is 11.5. The molecule has 0 atom stereocenters. The van der Waals surface area contributed by atoms with Crippen molar-refractivity contribution in [3.8, 4) is 11.3 Å². The third kappa shape index (κ3) is 3.73. The first-order valence-corrected chi connectivity index (χ1v) is 8.55. The van der Waals surface area contributed by atoms with Crippen LogP contribution >= 0.6 is 0 Å². The fourth-order valence-corrected chi connectivity index (χ4v) is 2.87. The molecule has 0 aliphatic heterocycles. The van der Waals surface area contributed by atoms with Gasteiger partial charge in [-0.3, -0.25) is 4.98 Å². The van der Waals surface area contributed by atoms with Gasteiger partial charge in [0.15, 0.2) is 0 Å². The lowest BCUT2D eigenvalue weighted by Crippen LogP contribution is -2.12. The van der Waals surface area contributed by atoms with Crippen LogP contribution in [-0.4, -0.2) is 4.98 Å². The summed E-state index contributed by atoms with van der Waals surface area (Å²) in [7, 11) is 0. The second kappa shape index (κ2) is 6.60. The molecule has 0 spiro atoms. The zero-order valence-corrected chi connectivity index (χ0v) is 15.0. The van der Waals surface area contributed by atoms with E-state index in [1.54, 1.807) is 0 Å². The molecule has 1 heteroatoms. The average molecular weight is 315 g/mol. The zero-order valence-electron chi connectivity index (χ0n) is 15.0. The van der Waals surface area contributed by atoms with Crippen LogP contribution in [0, 0.1) is 6.92 Å². The van der Waals surface area contributed by atoms with Gasteiger partial charge in [0.1, 0.15) is 0 Å². The molecular formula is C23H25N. The van der Waals surface area contributed by atoms with Crippen LogP contribution in [0.1, 0.15) is 43.2 Å². The smallest absolute Gasteiger partial charge is 0.0705 e. The number of nitrogens with zero attached hydrogens (tertiary/aromatic N) is 1. The average Bonchev–Trinajstić information content (AvgIpc) is 2.57. The molecule has 0 N–H and O–H groups in total. The van der Waals surface area contributed by atoms with E-state index < -0.39 is 0 Å². The van der Waals surface area contributed by atoms with Gasteiger partial charge in [0.2, 0.25) is 0 Å². The molecule has 1 heterocycles. The molecule has 0 aliphatic carbocycles. The Labute approximate surface area is 145 Å². The summed E-state index contributed by atoms with van der Waals surface area (Å²) in [5, 5.41) is 0. The summed E-state index contributed by atoms with van der Waals surface area (Å²) in [6, 6.07) is 23.5. The Balaban J connectivity index is 1.92. The van der Waals surface area contributed by atoms with E-state index in [9.17, 15) is 0 Å². The van der Waals surface area contributed by atoms with Crippen molar-refractivity contribution in [3.63, 3.8) is 0 Å². The Morgan fingerprint density at radius 3 is 2.29 bits per heavy atom. The molecule has 0 radical (unpaired) electrons. The Bertz CT molecular complexity index is 826. The van der Waals surface area contributed by atoms with Gasteiger partial charge in [-0.2, -0.15) is 0 Å². The van der Waals surface area contributed by atoms with Gasteiger partial charge in [-0.15, -0.1) is 0 Å². The number of hydrogen-bond acceptors (Lipinski definition) is 1.